The Bertz CT molecular complexity index is 276. The van der Waals surface area contributed by atoms with Crippen LogP contribution in [-0.2, 0) is 4.74 Å². The quantitative estimate of drug-likeness (QED) is 0.606. The summed E-state index contributed by atoms with van der Waals surface area (Å²) in [5.74, 6) is 0.884. The van der Waals surface area contributed by atoms with Gasteiger partial charge in [0.2, 0.25) is 0 Å². The normalized spacial score (nSPS) is 33.3. The number of ether oxygens (including phenoxy) is 1. The van der Waals surface area contributed by atoms with Gasteiger partial charge in [0.15, 0.2) is 0 Å². The Morgan fingerprint density at radius 1 is 1.08 bits per heavy atom. The van der Waals surface area contributed by atoms with Crippen molar-refractivity contribution in [1.82, 2.24) is 0 Å². The molecule has 0 unspecified atom stereocenters. The third kappa shape index (κ3) is 1.05. The molecule has 0 radical (unpaired) electrons. The minimum Gasteiger partial charge on any atom is -0.364 e. The number of rotatable bonds is 2. The van der Waals surface area contributed by atoms with Gasteiger partial charge in [0.05, 0.1) is 6.10 Å². The summed E-state index contributed by atoms with van der Waals surface area (Å²) in [5, 5.41) is 0. The zero-order valence-electron chi connectivity index (χ0n) is 6.94. The molecule has 1 aromatic carbocycles. The smallest absolute Gasteiger partial charge is 0.109 e. The van der Waals surface area contributed by atoms with Gasteiger partial charge in [0.25, 0.3) is 0 Å². The van der Waals surface area contributed by atoms with E-state index in [1.165, 1.54) is 18.4 Å². The first-order chi connectivity index (χ1) is 5.95. The fraction of sp³-hybridized carbons (Fsp3) is 0.455. The van der Waals surface area contributed by atoms with Crippen molar-refractivity contribution in [2.75, 3.05) is 0 Å². The molecular formula is C11H12O. The Morgan fingerprint density at radius 3 is 2.50 bits per heavy atom. The minimum absolute atomic E-state index is 0.429. The van der Waals surface area contributed by atoms with Gasteiger partial charge < -0.3 is 4.74 Å². The monoisotopic (exact) mass is 160 g/mol. The van der Waals surface area contributed by atoms with E-state index in [0.29, 0.717) is 12.2 Å². The molecule has 2 aliphatic rings. The first-order valence-corrected chi connectivity index (χ1v) is 4.65. The SMILES string of the molecule is c1ccc([C@@H]2O[C@H]2C2CC2)cc1. The minimum atomic E-state index is 0.429. The van der Waals surface area contributed by atoms with E-state index in [0.717, 1.165) is 5.92 Å². The second-order valence-corrected chi connectivity index (χ2v) is 3.77. The second kappa shape index (κ2) is 2.33. The van der Waals surface area contributed by atoms with Crippen molar-refractivity contribution in [3.05, 3.63) is 35.9 Å². The molecule has 62 valence electrons. The summed E-state index contributed by atoms with van der Waals surface area (Å²) in [4.78, 5) is 0. The lowest BCUT2D eigenvalue weighted by molar-refractivity contribution is 0.359. The predicted octanol–water partition coefficient (Wildman–Crippen LogP) is 2.54. The van der Waals surface area contributed by atoms with Crippen LogP contribution >= 0.6 is 0 Å². The topological polar surface area (TPSA) is 12.5 Å². The van der Waals surface area contributed by atoms with Gasteiger partial charge in [-0.25, -0.2) is 0 Å². The van der Waals surface area contributed by atoms with Crippen molar-refractivity contribution in [2.45, 2.75) is 25.0 Å². The Kier molecular flexibility index (Phi) is 1.30. The predicted molar refractivity (Wildman–Crippen MR) is 46.8 cm³/mol. The van der Waals surface area contributed by atoms with Gasteiger partial charge in [-0.2, -0.15) is 0 Å². The lowest BCUT2D eigenvalue weighted by Gasteiger charge is -1.92. The molecule has 3 rings (SSSR count). The summed E-state index contributed by atoms with van der Waals surface area (Å²) < 4.78 is 5.63. The molecule has 1 aliphatic heterocycles. The number of hydrogen-bond donors (Lipinski definition) is 0. The highest BCUT2D eigenvalue weighted by molar-refractivity contribution is 5.23. The van der Waals surface area contributed by atoms with E-state index in [1.807, 2.05) is 0 Å². The van der Waals surface area contributed by atoms with Gasteiger partial charge >= 0.3 is 0 Å². The molecule has 1 saturated carbocycles. The van der Waals surface area contributed by atoms with Gasteiger partial charge in [-0.15, -0.1) is 0 Å². The molecular weight excluding hydrogens is 148 g/mol. The fourth-order valence-corrected chi connectivity index (χ4v) is 1.82. The van der Waals surface area contributed by atoms with Crippen LogP contribution in [0.15, 0.2) is 30.3 Å². The Balaban J connectivity index is 1.76. The van der Waals surface area contributed by atoms with Gasteiger partial charge in [-0.3, -0.25) is 0 Å². The number of benzene rings is 1. The van der Waals surface area contributed by atoms with Crippen molar-refractivity contribution in [2.24, 2.45) is 5.92 Å². The lowest BCUT2D eigenvalue weighted by Crippen LogP contribution is -1.89. The molecule has 0 N–H and O–H groups in total. The summed E-state index contributed by atoms with van der Waals surface area (Å²) in [7, 11) is 0. The zero-order chi connectivity index (χ0) is 7.97. The van der Waals surface area contributed by atoms with E-state index in [-0.39, 0.29) is 0 Å². The van der Waals surface area contributed by atoms with Gasteiger partial charge in [0, 0.05) is 0 Å². The highest BCUT2D eigenvalue weighted by Gasteiger charge is 2.49. The van der Waals surface area contributed by atoms with Crippen molar-refractivity contribution in [3.63, 3.8) is 0 Å². The zero-order valence-corrected chi connectivity index (χ0v) is 6.94. The largest absolute Gasteiger partial charge is 0.364 e. The first-order valence-electron chi connectivity index (χ1n) is 4.65. The standard InChI is InChI=1S/C11H12O/c1-2-4-8(5-3-1)10-11(12-10)9-6-7-9/h1-5,9-11H,6-7H2/t10-,11-/m0/s1. The molecule has 1 saturated heterocycles. The fourth-order valence-electron chi connectivity index (χ4n) is 1.82. The van der Waals surface area contributed by atoms with Crippen LogP contribution in [0.1, 0.15) is 24.5 Å². The van der Waals surface area contributed by atoms with Crippen LogP contribution in [0.5, 0.6) is 0 Å². The molecule has 1 aliphatic carbocycles. The lowest BCUT2D eigenvalue weighted by atomic mass is 10.1. The molecule has 0 spiro atoms. The summed E-state index contributed by atoms with van der Waals surface area (Å²) >= 11 is 0. The van der Waals surface area contributed by atoms with E-state index in [9.17, 15) is 0 Å². The molecule has 0 bridgehead atoms. The third-order valence-electron chi connectivity index (χ3n) is 2.74. The maximum absolute atomic E-state index is 5.63. The Labute approximate surface area is 72.4 Å². The van der Waals surface area contributed by atoms with Crippen LogP contribution in [0.4, 0.5) is 0 Å². The molecule has 1 nitrogen and oxygen atoms in total. The maximum Gasteiger partial charge on any atom is 0.109 e. The van der Waals surface area contributed by atoms with E-state index in [4.69, 9.17) is 4.74 Å². The van der Waals surface area contributed by atoms with E-state index >= 15 is 0 Å². The van der Waals surface area contributed by atoms with Crippen LogP contribution in [-0.4, -0.2) is 6.10 Å². The molecule has 0 aromatic heterocycles. The van der Waals surface area contributed by atoms with E-state index in [1.54, 1.807) is 0 Å². The van der Waals surface area contributed by atoms with Crippen LogP contribution < -0.4 is 0 Å². The summed E-state index contributed by atoms with van der Waals surface area (Å²) in [6.07, 6.45) is 3.76. The van der Waals surface area contributed by atoms with Crippen molar-refractivity contribution in [3.8, 4) is 0 Å². The highest BCUT2D eigenvalue weighted by Crippen LogP contribution is 2.51. The maximum atomic E-state index is 5.63. The highest BCUT2D eigenvalue weighted by atomic mass is 16.6. The van der Waals surface area contributed by atoms with Gasteiger partial charge in [0.1, 0.15) is 6.10 Å². The van der Waals surface area contributed by atoms with Crippen LogP contribution in [0.3, 0.4) is 0 Å². The van der Waals surface area contributed by atoms with E-state index < -0.39 is 0 Å². The van der Waals surface area contributed by atoms with E-state index in [2.05, 4.69) is 30.3 Å². The van der Waals surface area contributed by atoms with Crippen molar-refractivity contribution >= 4 is 0 Å². The molecule has 2 fully saturated rings. The van der Waals surface area contributed by atoms with Crippen LogP contribution in [0, 0.1) is 5.92 Å². The number of epoxide rings is 1. The average Bonchev–Trinajstić information content (AvgIpc) is 2.99. The van der Waals surface area contributed by atoms with Crippen molar-refractivity contribution < 1.29 is 4.74 Å². The van der Waals surface area contributed by atoms with Crippen LogP contribution in [0.25, 0.3) is 0 Å². The average molecular weight is 160 g/mol. The molecule has 2 atom stereocenters. The summed E-state index contributed by atoms with van der Waals surface area (Å²) in [6, 6.07) is 10.5. The second-order valence-electron chi connectivity index (χ2n) is 3.77. The molecule has 12 heavy (non-hydrogen) atoms. The summed E-state index contributed by atoms with van der Waals surface area (Å²) in [5.41, 5.74) is 1.36. The summed E-state index contributed by atoms with van der Waals surface area (Å²) in [6.45, 7) is 0. The molecule has 1 aromatic rings. The van der Waals surface area contributed by atoms with Crippen LogP contribution in [0.2, 0.25) is 0 Å². The number of hydrogen-bond acceptors (Lipinski definition) is 1. The van der Waals surface area contributed by atoms with Crippen molar-refractivity contribution in [1.29, 1.82) is 0 Å². The molecule has 1 heterocycles. The van der Waals surface area contributed by atoms with Gasteiger partial charge in [-0.05, 0) is 24.3 Å². The Hall–Kier alpha value is -0.820. The molecule has 1 heteroatoms. The molecule has 0 amide bonds. The van der Waals surface area contributed by atoms with Gasteiger partial charge in [-0.1, -0.05) is 30.3 Å². The third-order valence-corrected chi connectivity index (χ3v) is 2.74. The Morgan fingerprint density at radius 2 is 1.83 bits per heavy atom. The first kappa shape index (κ1) is 6.67.